The van der Waals surface area contributed by atoms with E-state index in [9.17, 15) is 0 Å². The Morgan fingerprint density at radius 2 is 1.91 bits per heavy atom. The van der Waals surface area contributed by atoms with E-state index in [1.165, 1.54) is 0 Å². The highest BCUT2D eigenvalue weighted by molar-refractivity contribution is 6.65. The first-order valence-corrected chi connectivity index (χ1v) is 5.93. The van der Waals surface area contributed by atoms with Gasteiger partial charge in [0.25, 0.3) is 0 Å². The van der Waals surface area contributed by atoms with Crippen LogP contribution in [0, 0.1) is 5.92 Å². The summed E-state index contributed by atoms with van der Waals surface area (Å²) in [6.07, 6.45) is 0. The van der Waals surface area contributed by atoms with Crippen LogP contribution in [0.3, 0.4) is 0 Å². The maximum atomic E-state index is 5.47. The number of rotatable bonds is 2. The van der Waals surface area contributed by atoms with Crippen molar-refractivity contribution in [2.45, 2.75) is 13.0 Å². The fourth-order valence-electron chi connectivity index (χ4n) is 1.83. The molecule has 0 aromatic heterocycles. The Morgan fingerprint density at radius 1 is 1.36 bits per heavy atom. The van der Waals surface area contributed by atoms with Gasteiger partial charge in [-0.2, -0.15) is 0 Å². The summed E-state index contributed by atoms with van der Waals surface area (Å²) in [5.41, 5.74) is 0. The summed E-state index contributed by atoms with van der Waals surface area (Å²) in [5.74, 6) is 0.714. The fourth-order valence-corrected chi connectivity index (χ4v) is 4.86. The average Bonchev–Trinajstić information content (AvgIpc) is 2.27. The second kappa shape index (κ2) is 3.22. The molecule has 1 heterocycles. The van der Waals surface area contributed by atoms with Crippen LogP contribution in [0.4, 0.5) is 0 Å². The smallest absolute Gasteiger partial charge is 0.386 e. The van der Waals surface area contributed by atoms with Crippen LogP contribution >= 0.6 is 0 Å². The van der Waals surface area contributed by atoms with Gasteiger partial charge in [-0.1, -0.05) is 6.92 Å². The molecule has 0 bridgehead atoms. The lowest BCUT2D eigenvalue weighted by Crippen LogP contribution is -2.50. The van der Waals surface area contributed by atoms with E-state index in [1.54, 1.807) is 14.2 Å². The summed E-state index contributed by atoms with van der Waals surface area (Å²) >= 11 is 0. The zero-order valence-electron chi connectivity index (χ0n) is 7.76. The van der Waals surface area contributed by atoms with Gasteiger partial charge in [-0.15, -0.1) is 0 Å². The minimum absolute atomic E-state index is 0.714. The fraction of sp³-hybridized carbons (Fsp3) is 1.00. The van der Waals surface area contributed by atoms with Crippen LogP contribution in [0.5, 0.6) is 0 Å². The first kappa shape index (κ1) is 9.19. The summed E-state index contributed by atoms with van der Waals surface area (Å²) in [6.45, 7) is 3.34. The van der Waals surface area contributed by atoms with Crippen molar-refractivity contribution in [1.29, 1.82) is 0 Å². The molecule has 1 fully saturated rings. The largest absolute Gasteiger partial charge is 0.427 e. The van der Waals surface area contributed by atoms with E-state index in [0.717, 1.165) is 12.6 Å². The SMILES string of the molecule is CO[Si]1(OC)CC(C)CN1C. The molecule has 1 aliphatic heterocycles. The third kappa shape index (κ3) is 1.49. The summed E-state index contributed by atoms with van der Waals surface area (Å²) < 4.78 is 13.2. The monoisotopic (exact) mass is 175 g/mol. The second-order valence-corrected chi connectivity index (χ2v) is 6.72. The van der Waals surface area contributed by atoms with Crippen LogP contribution in [0.2, 0.25) is 6.04 Å². The molecule has 0 amide bonds. The van der Waals surface area contributed by atoms with Crippen molar-refractivity contribution in [3.05, 3.63) is 0 Å². The number of nitrogens with zero attached hydrogens (tertiary/aromatic N) is 1. The molecule has 1 saturated heterocycles. The lowest BCUT2D eigenvalue weighted by atomic mass is 10.2. The molecule has 1 rings (SSSR count). The van der Waals surface area contributed by atoms with Crippen LogP contribution in [-0.2, 0) is 8.85 Å². The van der Waals surface area contributed by atoms with Crippen molar-refractivity contribution in [2.24, 2.45) is 5.92 Å². The summed E-state index contributed by atoms with van der Waals surface area (Å²) in [6, 6.07) is 1.09. The molecule has 4 heteroatoms. The molecule has 11 heavy (non-hydrogen) atoms. The Hall–Kier alpha value is 0.0969. The maximum absolute atomic E-state index is 5.47. The summed E-state index contributed by atoms with van der Waals surface area (Å²) in [7, 11) is 3.68. The van der Waals surface area contributed by atoms with Gasteiger partial charge in [-0.3, -0.25) is 4.57 Å². The van der Waals surface area contributed by atoms with E-state index in [1.807, 2.05) is 0 Å². The molecular weight excluding hydrogens is 158 g/mol. The molecule has 1 aliphatic rings. The Labute approximate surface area is 69.6 Å². The minimum Gasteiger partial charge on any atom is -0.386 e. The molecule has 0 aliphatic carbocycles. The van der Waals surface area contributed by atoms with Crippen LogP contribution in [0.25, 0.3) is 0 Å². The van der Waals surface area contributed by atoms with Gasteiger partial charge in [0.1, 0.15) is 0 Å². The van der Waals surface area contributed by atoms with Gasteiger partial charge in [-0.25, -0.2) is 0 Å². The van der Waals surface area contributed by atoms with E-state index < -0.39 is 8.72 Å². The maximum Gasteiger partial charge on any atom is 0.427 e. The zero-order valence-corrected chi connectivity index (χ0v) is 8.76. The van der Waals surface area contributed by atoms with Crippen LogP contribution in [-0.4, -0.2) is 41.1 Å². The molecule has 0 radical (unpaired) electrons. The predicted molar refractivity (Wildman–Crippen MR) is 46.4 cm³/mol. The highest BCUT2D eigenvalue weighted by Crippen LogP contribution is 2.29. The molecule has 3 nitrogen and oxygen atoms in total. The first-order valence-electron chi connectivity index (χ1n) is 3.96. The summed E-state index contributed by atoms with van der Waals surface area (Å²) in [4.78, 5) is 0. The van der Waals surface area contributed by atoms with Crippen LogP contribution in [0.15, 0.2) is 0 Å². The van der Waals surface area contributed by atoms with Gasteiger partial charge in [0.05, 0.1) is 0 Å². The van der Waals surface area contributed by atoms with Gasteiger partial charge >= 0.3 is 8.72 Å². The lowest BCUT2D eigenvalue weighted by Gasteiger charge is -2.28. The molecule has 1 unspecified atom stereocenters. The van der Waals surface area contributed by atoms with Crippen LogP contribution in [0.1, 0.15) is 6.92 Å². The number of hydrogen-bond acceptors (Lipinski definition) is 3. The molecule has 0 N–H and O–H groups in total. The highest BCUT2D eigenvalue weighted by Gasteiger charge is 2.48. The first-order chi connectivity index (χ1) is 5.14. The molecular formula is C7H17NO2Si. The van der Waals surface area contributed by atoms with E-state index >= 15 is 0 Å². The third-order valence-corrected chi connectivity index (χ3v) is 6.25. The highest BCUT2D eigenvalue weighted by atomic mass is 28.4. The molecule has 0 aromatic rings. The van der Waals surface area contributed by atoms with Crippen molar-refractivity contribution in [1.82, 2.24) is 4.57 Å². The van der Waals surface area contributed by atoms with E-state index in [0.29, 0.717) is 5.92 Å². The quantitative estimate of drug-likeness (QED) is 0.579. The van der Waals surface area contributed by atoms with Crippen molar-refractivity contribution in [3.8, 4) is 0 Å². The van der Waals surface area contributed by atoms with Crippen molar-refractivity contribution in [2.75, 3.05) is 27.8 Å². The average molecular weight is 175 g/mol. The Bertz CT molecular complexity index is 138. The Morgan fingerprint density at radius 3 is 2.09 bits per heavy atom. The topological polar surface area (TPSA) is 21.7 Å². The second-order valence-electron chi connectivity index (χ2n) is 3.31. The lowest BCUT2D eigenvalue weighted by molar-refractivity contribution is 0.195. The minimum atomic E-state index is -1.91. The molecule has 66 valence electrons. The van der Waals surface area contributed by atoms with Gasteiger partial charge < -0.3 is 8.85 Å². The standard InChI is InChI=1S/C7H17NO2Si/c1-7-5-8(2)11(6-7,9-3)10-4/h7H,5-6H2,1-4H3. The molecule has 0 spiro atoms. The van der Waals surface area contributed by atoms with Crippen molar-refractivity contribution >= 4 is 8.72 Å². The van der Waals surface area contributed by atoms with Gasteiger partial charge in [-0.05, 0) is 19.5 Å². The van der Waals surface area contributed by atoms with Gasteiger partial charge in [0.2, 0.25) is 0 Å². The normalized spacial score (nSPS) is 31.1. The van der Waals surface area contributed by atoms with Gasteiger partial charge in [0.15, 0.2) is 0 Å². The van der Waals surface area contributed by atoms with E-state index in [-0.39, 0.29) is 0 Å². The van der Waals surface area contributed by atoms with Crippen molar-refractivity contribution in [3.63, 3.8) is 0 Å². The van der Waals surface area contributed by atoms with E-state index in [4.69, 9.17) is 8.85 Å². The third-order valence-electron chi connectivity index (χ3n) is 2.41. The molecule has 0 saturated carbocycles. The van der Waals surface area contributed by atoms with Crippen molar-refractivity contribution < 1.29 is 8.85 Å². The predicted octanol–water partition coefficient (Wildman–Crippen LogP) is 0.800. The Balaban J connectivity index is 2.67. The molecule has 0 aromatic carbocycles. The number of hydrogen-bond donors (Lipinski definition) is 0. The summed E-state index contributed by atoms with van der Waals surface area (Å²) in [5, 5.41) is 0. The Kier molecular flexibility index (Phi) is 2.69. The molecule has 1 atom stereocenters. The zero-order chi connectivity index (χ0) is 8.48. The van der Waals surface area contributed by atoms with E-state index in [2.05, 4.69) is 18.5 Å². The van der Waals surface area contributed by atoms with Gasteiger partial charge in [0, 0.05) is 20.3 Å². The van der Waals surface area contributed by atoms with Crippen LogP contribution < -0.4 is 0 Å².